The van der Waals surface area contributed by atoms with Crippen molar-refractivity contribution in [3.8, 4) is 0 Å². The minimum absolute atomic E-state index is 0.212. The van der Waals surface area contributed by atoms with Crippen molar-refractivity contribution in [3.05, 3.63) is 47.5 Å². The summed E-state index contributed by atoms with van der Waals surface area (Å²) >= 11 is 0. The van der Waals surface area contributed by atoms with E-state index in [1.54, 1.807) is 0 Å². The third kappa shape index (κ3) is 2.24. The minimum atomic E-state index is -0.627. The molecule has 1 aliphatic carbocycles. The molecule has 1 fully saturated rings. The molecule has 1 aliphatic heterocycles. The van der Waals surface area contributed by atoms with Crippen LogP contribution in [0.4, 0.5) is 0 Å². The molecule has 2 aliphatic rings. The molecule has 0 bridgehead atoms. The highest BCUT2D eigenvalue weighted by Gasteiger charge is 2.39. The zero-order valence-corrected chi connectivity index (χ0v) is 10.2. The second kappa shape index (κ2) is 4.67. The summed E-state index contributed by atoms with van der Waals surface area (Å²) in [5.74, 6) is -0.415. The summed E-state index contributed by atoms with van der Waals surface area (Å²) in [5.41, 5.74) is 1.96. The van der Waals surface area contributed by atoms with E-state index in [9.17, 15) is 4.79 Å². The van der Waals surface area contributed by atoms with E-state index < -0.39 is 5.79 Å². The van der Waals surface area contributed by atoms with E-state index in [2.05, 4.69) is 0 Å². The molecule has 0 unspecified atom stereocenters. The zero-order valence-electron chi connectivity index (χ0n) is 10.2. The van der Waals surface area contributed by atoms with Crippen molar-refractivity contribution in [3.63, 3.8) is 0 Å². The molecule has 0 amide bonds. The van der Waals surface area contributed by atoms with Crippen molar-refractivity contribution in [1.29, 1.82) is 0 Å². The van der Waals surface area contributed by atoms with E-state index in [-0.39, 0.29) is 5.78 Å². The Morgan fingerprint density at radius 2 is 1.83 bits per heavy atom. The van der Waals surface area contributed by atoms with Gasteiger partial charge in [0.2, 0.25) is 0 Å². The van der Waals surface area contributed by atoms with Crippen LogP contribution >= 0.6 is 0 Å². The van der Waals surface area contributed by atoms with Gasteiger partial charge in [-0.3, -0.25) is 4.79 Å². The lowest BCUT2D eigenvalue weighted by molar-refractivity contribution is -0.138. The number of Topliss-reactive ketones (excluding diaryl/α,β-unsaturated/α-hetero) is 1. The number of ether oxygens (including phenoxy) is 2. The van der Waals surface area contributed by atoms with Gasteiger partial charge in [-0.05, 0) is 11.6 Å². The van der Waals surface area contributed by atoms with Crippen LogP contribution < -0.4 is 0 Å². The fourth-order valence-electron chi connectivity index (χ4n) is 2.53. The third-order valence-corrected chi connectivity index (χ3v) is 3.47. The topological polar surface area (TPSA) is 35.5 Å². The van der Waals surface area contributed by atoms with Crippen LogP contribution in [-0.2, 0) is 20.7 Å². The number of carbonyl (C=O) groups is 1. The molecule has 1 heterocycles. The predicted molar refractivity (Wildman–Crippen MR) is 67.1 cm³/mol. The summed E-state index contributed by atoms with van der Waals surface area (Å²) < 4.78 is 11.3. The lowest BCUT2D eigenvalue weighted by Crippen LogP contribution is -2.33. The Bertz CT molecular complexity index is 470. The Morgan fingerprint density at radius 1 is 1.11 bits per heavy atom. The van der Waals surface area contributed by atoms with Gasteiger partial charge in [0, 0.05) is 24.8 Å². The highest BCUT2D eigenvalue weighted by atomic mass is 16.7. The van der Waals surface area contributed by atoms with E-state index in [1.807, 2.05) is 36.4 Å². The summed E-state index contributed by atoms with van der Waals surface area (Å²) in [5, 5.41) is 0. The molecular weight excluding hydrogens is 228 g/mol. The molecule has 1 saturated heterocycles. The van der Waals surface area contributed by atoms with E-state index in [4.69, 9.17) is 9.47 Å². The number of hydrogen-bond acceptors (Lipinski definition) is 3. The van der Waals surface area contributed by atoms with Crippen molar-refractivity contribution in [1.82, 2.24) is 0 Å². The number of rotatable bonds is 2. The Morgan fingerprint density at radius 3 is 2.56 bits per heavy atom. The van der Waals surface area contributed by atoms with Gasteiger partial charge in [-0.15, -0.1) is 0 Å². The summed E-state index contributed by atoms with van der Waals surface area (Å²) in [6, 6.07) is 10.0. The number of carbonyl (C=O) groups excluding carboxylic acids is 1. The van der Waals surface area contributed by atoms with Crippen molar-refractivity contribution in [2.75, 3.05) is 13.2 Å². The SMILES string of the molecule is O=C1CCC2(C=C1Cc1ccccc1)OCCO2. The monoisotopic (exact) mass is 244 g/mol. The van der Waals surface area contributed by atoms with E-state index in [0.717, 1.165) is 11.1 Å². The molecule has 94 valence electrons. The van der Waals surface area contributed by atoms with Crippen molar-refractivity contribution >= 4 is 5.78 Å². The van der Waals surface area contributed by atoms with Gasteiger partial charge in [0.1, 0.15) is 0 Å². The highest BCUT2D eigenvalue weighted by Crippen LogP contribution is 2.33. The predicted octanol–water partition coefficient (Wildman–Crippen LogP) is 2.26. The van der Waals surface area contributed by atoms with Crippen molar-refractivity contribution < 1.29 is 14.3 Å². The van der Waals surface area contributed by atoms with E-state index in [1.165, 1.54) is 0 Å². The van der Waals surface area contributed by atoms with Gasteiger partial charge in [-0.2, -0.15) is 0 Å². The Labute approximate surface area is 106 Å². The van der Waals surface area contributed by atoms with Crippen molar-refractivity contribution in [2.45, 2.75) is 25.0 Å². The molecule has 18 heavy (non-hydrogen) atoms. The number of ketones is 1. The molecule has 1 aromatic carbocycles. The van der Waals surface area contributed by atoms with Crippen molar-refractivity contribution in [2.24, 2.45) is 0 Å². The fraction of sp³-hybridized carbons (Fsp3) is 0.400. The lowest BCUT2D eigenvalue weighted by atomic mass is 9.89. The first kappa shape index (κ1) is 11.6. The summed E-state index contributed by atoms with van der Waals surface area (Å²) in [6.07, 6.45) is 3.70. The molecule has 1 spiro atoms. The standard InChI is InChI=1S/C15H16O3/c16-14-6-7-15(17-8-9-18-15)11-13(14)10-12-4-2-1-3-5-12/h1-5,11H,6-10H2. The first-order valence-corrected chi connectivity index (χ1v) is 6.34. The molecule has 0 radical (unpaired) electrons. The average molecular weight is 244 g/mol. The maximum atomic E-state index is 12.0. The second-order valence-electron chi connectivity index (χ2n) is 4.76. The Kier molecular flexibility index (Phi) is 3.02. The normalized spacial score (nSPS) is 22.2. The maximum absolute atomic E-state index is 12.0. The van der Waals surface area contributed by atoms with Gasteiger partial charge < -0.3 is 9.47 Å². The maximum Gasteiger partial charge on any atom is 0.189 e. The number of benzene rings is 1. The third-order valence-electron chi connectivity index (χ3n) is 3.47. The fourth-order valence-corrected chi connectivity index (χ4v) is 2.53. The molecule has 0 saturated carbocycles. The van der Waals surface area contributed by atoms with Gasteiger partial charge in [-0.1, -0.05) is 30.3 Å². The highest BCUT2D eigenvalue weighted by molar-refractivity contribution is 5.96. The van der Waals surface area contributed by atoms with Crippen LogP contribution in [0.15, 0.2) is 42.0 Å². The van der Waals surface area contributed by atoms with Gasteiger partial charge in [0.15, 0.2) is 11.6 Å². The van der Waals surface area contributed by atoms with Crippen LogP contribution in [0.1, 0.15) is 18.4 Å². The van der Waals surface area contributed by atoms with Crippen LogP contribution in [0, 0.1) is 0 Å². The van der Waals surface area contributed by atoms with Gasteiger partial charge >= 0.3 is 0 Å². The summed E-state index contributed by atoms with van der Waals surface area (Å²) in [4.78, 5) is 12.0. The Balaban J connectivity index is 1.84. The smallest absolute Gasteiger partial charge is 0.189 e. The van der Waals surface area contributed by atoms with Crippen LogP contribution in [0.5, 0.6) is 0 Å². The van der Waals surface area contributed by atoms with Gasteiger partial charge in [0.05, 0.1) is 13.2 Å². The summed E-state index contributed by atoms with van der Waals surface area (Å²) in [6.45, 7) is 1.23. The number of allylic oxidation sites excluding steroid dienone is 1. The quantitative estimate of drug-likeness (QED) is 0.800. The molecule has 0 atom stereocenters. The largest absolute Gasteiger partial charge is 0.344 e. The first-order valence-electron chi connectivity index (χ1n) is 6.34. The second-order valence-corrected chi connectivity index (χ2v) is 4.76. The first-order chi connectivity index (χ1) is 8.77. The minimum Gasteiger partial charge on any atom is -0.344 e. The summed E-state index contributed by atoms with van der Waals surface area (Å²) in [7, 11) is 0. The van der Waals surface area contributed by atoms with Crippen LogP contribution in [-0.4, -0.2) is 24.8 Å². The molecule has 0 N–H and O–H groups in total. The molecule has 0 aromatic heterocycles. The van der Waals surface area contributed by atoms with Crippen LogP contribution in [0.2, 0.25) is 0 Å². The van der Waals surface area contributed by atoms with Crippen LogP contribution in [0.3, 0.4) is 0 Å². The van der Waals surface area contributed by atoms with Gasteiger partial charge in [0.25, 0.3) is 0 Å². The zero-order chi connectivity index (χ0) is 12.4. The molecule has 3 nitrogen and oxygen atoms in total. The molecular formula is C15H16O3. The van der Waals surface area contributed by atoms with Gasteiger partial charge in [-0.25, -0.2) is 0 Å². The lowest BCUT2D eigenvalue weighted by Gasteiger charge is -2.28. The molecule has 3 rings (SSSR count). The average Bonchev–Trinajstić information content (AvgIpc) is 2.84. The molecule has 1 aromatic rings. The number of hydrogen-bond donors (Lipinski definition) is 0. The van der Waals surface area contributed by atoms with Crippen LogP contribution in [0.25, 0.3) is 0 Å². The van der Waals surface area contributed by atoms with E-state index in [0.29, 0.717) is 32.5 Å². The molecule has 3 heteroatoms. The Hall–Kier alpha value is -1.45. The van der Waals surface area contributed by atoms with E-state index >= 15 is 0 Å².